The maximum atomic E-state index is 13.6. The topological polar surface area (TPSA) is 41.9 Å². The molecule has 2 rings (SSSR count). The van der Waals surface area contributed by atoms with Gasteiger partial charge < -0.3 is 9.64 Å². The molecule has 0 N–H and O–H groups in total. The van der Waals surface area contributed by atoms with E-state index in [1.54, 1.807) is 26.8 Å². The van der Waals surface area contributed by atoms with E-state index >= 15 is 0 Å². The van der Waals surface area contributed by atoms with Gasteiger partial charge in [0.25, 0.3) is 0 Å². The van der Waals surface area contributed by atoms with E-state index in [0.29, 0.717) is 24.0 Å². The number of carbonyl (C=O) groups excluding carboxylic acids is 1. The van der Waals surface area contributed by atoms with E-state index in [2.05, 4.69) is 4.99 Å². The molecule has 0 fully saturated rings. The number of hydrogen-bond acceptors (Lipinski definition) is 5. The van der Waals surface area contributed by atoms with E-state index in [4.69, 9.17) is 4.74 Å². The van der Waals surface area contributed by atoms with E-state index in [1.807, 2.05) is 18.7 Å². The SMILES string of the molecule is CCN(CC)C1=NC(C)=C(C(=O)OC(C)C)C(c2ccccc2C(F)(F)F)S1. The van der Waals surface area contributed by atoms with Crippen molar-refractivity contribution < 1.29 is 22.7 Å². The minimum atomic E-state index is -4.53. The number of hydrogen-bond donors (Lipinski definition) is 0. The zero-order valence-electron chi connectivity index (χ0n) is 16.6. The Labute approximate surface area is 167 Å². The maximum absolute atomic E-state index is 13.6. The Morgan fingerprint density at radius 2 is 1.86 bits per heavy atom. The van der Waals surface area contributed by atoms with Crippen molar-refractivity contribution in [2.45, 2.75) is 52.1 Å². The molecule has 8 heteroatoms. The van der Waals surface area contributed by atoms with Gasteiger partial charge in [0.15, 0.2) is 5.17 Å². The Balaban J connectivity index is 2.63. The van der Waals surface area contributed by atoms with E-state index in [-0.39, 0.29) is 17.2 Å². The van der Waals surface area contributed by atoms with Gasteiger partial charge in [-0.15, -0.1) is 0 Å². The summed E-state index contributed by atoms with van der Waals surface area (Å²) in [7, 11) is 0. The van der Waals surface area contributed by atoms with Crippen LogP contribution in [0, 0.1) is 0 Å². The minimum absolute atomic E-state index is 0.0367. The fourth-order valence-corrected chi connectivity index (χ4v) is 4.48. The van der Waals surface area contributed by atoms with Crippen molar-refractivity contribution in [1.29, 1.82) is 0 Å². The van der Waals surface area contributed by atoms with Crippen LogP contribution in [0.4, 0.5) is 13.2 Å². The van der Waals surface area contributed by atoms with Gasteiger partial charge >= 0.3 is 12.1 Å². The molecule has 154 valence electrons. The number of rotatable bonds is 5. The van der Waals surface area contributed by atoms with Gasteiger partial charge in [-0.05, 0) is 46.2 Å². The molecule has 0 radical (unpaired) electrons. The number of benzene rings is 1. The van der Waals surface area contributed by atoms with Crippen LogP contribution >= 0.6 is 11.8 Å². The van der Waals surface area contributed by atoms with Crippen LogP contribution in [0.1, 0.15) is 51.0 Å². The van der Waals surface area contributed by atoms with Gasteiger partial charge in [-0.2, -0.15) is 13.2 Å². The van der Waals surface area contributed by atoms with Gasteiger partial charge in [-0.1, -0.05) is 30.0 Å². The quantitative estimate of drug-likeness (QED) is 0.604. The summed E-state index contributed by atoms with van der Waals surface area (Å²) in [6, 6.07) is 5.36. The fraction of sp³-hybridized carbons (Fsp3) is 0.500. The number of esters is 1. The smallest absolute Gasteiger partial charge is 0.416 e. The zero-order valence-corrected chi connectivity index (χ0v) is 17.4. The Hall–Kier alpha value is -1.96. The predicted molar refractivity (Wildman–Crippen MR) is 106 cm³/mol. The molecule has 0 amide bonds. The normalized spacial score (nSPS) is 17.6. The number of aliphatic imine (C=N–C) groups is 1. The molecule has 28 heavy (non-hydrogen) atoms. The summed E-state index contributed by atoms with van der Waals surface area (Å²) in [5.74, 6) is -0.635. The number of amidine groups is 1. The molecular formula is C20H25F3N2O2S. The molecule has 1 unspecified atom stereocenters. The third-order valence-corrected chi connectivity index (χ3v) is 5.57. The first-order chi connectivity index (χ1) is 13.1. The van der Waals surface area contributed by atoms with Crippen LogP contribution in [0.15, 0.2) is 40.5 Å². The molecule has 0 saturated carbocycles. The number of allylic oxidation sites excluding steroid dienone is 1. The van der Waals surface area contributed by atoms with Crippen molar-refractivity contribution in [1.82, 2.24) is 4.90 Å². The van der Waals surface area contributed by atoms with Gasteiger partial charge in [0.05, 0.1) is 28.2 Å². The molecule has 0 spiro atoms. The van der Waals surface area contributed by atoms with Crippen molar-refractivity contribution in [3.63, 3.8) is 0 Å². The average molecular weight is 414 g/mol. The number of thioether (sulfide) groups is 1. The van der Waals surface area contributed by atoms with Crippen LogP contribution in [0.25, 0.3) is 0 Å². The van der Waals surface area contributed by atoms with Crippen molar-refractivity contribution >= 4 is 22.9 Å². The first-order valence-corrected chi connectivity index (χ1v) is 10.1. The molecule has 1 atom stereocenters. The van der Waals surface area contributed by atoms with Crippen LogP contribution in [0.3, 0.4) is 0 Å². The highest BCUT2D eigenvalue weighted by Crippen LogP contribution is 2.47. The highest BCUT2D eigenvalue weighted by atomic mass is 32.2. The molecule has 0 aliphatic carbocycles. The Morgan fingerprint density at radius 1 is 1.25 bits per heavy atom. The molecule has 4 nitrogen and oxygen atoms in total. The Morgan fingerprint density at radius 3 is 2.39 bits per heavy atom. The number of alkyl halides is 3. The molecule has 0 saturated heterocycles. The van der Waals surface area contributed by atoms with E-state index in [9.17, 15) is 18.0 Å². The summed E-state index contributed by atoms with van der Waals surface area (Å²) >= 11 is 1.16. The molecule has 1 heterocycles. The van der Waals surface area contributed by atoms with Crippen molar-refractivity contribution in [2.24, 2.45) is 4.99 Å². The average Bonchev–Trinajstić information content (AvgIpc) is 2.60. The summed E-state index contributed by atoms with van der Waals surface area (Å²) in [4.78, 5) is 19.2. The maximum Gasteiger partial charge on any atom is 0.416 e. The molecule has 1 aliphatic heterocycles. The lowest BCUT2D eigenvalue weighted by atomic mass is 9.97. The highest BCUT2D eigenvalue weighted by molar-refractivity contribution is 8.14. The van der Waals surface area contributed by atoms with Gasteiger partial charge in [-0.3, -0.25) is 0 Å². The molecule has 0 bridgehead atoms. The first kappa shape index (κ1) is 22.3. The van der Waals surface area contributed by atoms with Gasteiger partial charge in [-0.25, -0.2) is 9.79 Å². The lowest BCUT2D eigenvalue weighted by molar-refractivity contribution is -0.143. The van der Waals surface area contributed by atoms with Crippen LogP contribution in [0.2, 0.25) is 0 Å². The standard InChI is InChI=1S/C20H25F3N2O2S/c1-6-25(7-2)19-24-13(5)16(18(26)27-12(3)4)17(28-19)14-10-8-9-11-15(14)20(21,22)23/h8-12,17H,6-7H2,1-5H3. The summed E-state index contributed by atoms with van der Waals surface area (Å²) in [6.07, 6.45) is -4.91. The minimum Gasteiger partial charge on any atom is -0.460 e. The summed E-state index contributed by atoms with van der Waals surface area (Å²) in [5, 5.41) is -0.247. The monoisotopic (exact) mass is 414 g/mol. The van der Waals surface area contributed by atoms with Gasteiger partial charge in [0.2, 0.25) is 0 Å². The lowest BCUT2D eigenvalue weighted by Gasteiger charge is -2.32. The predicted octanol–water partition coefficient (Wildman–Crippen LogP) is 5.42. The van der Waals surface area contributed by atoms with Crippen LogP contribution in [-0.4, -0.2) is 35.2 Å². The Kier molecular flexibility index (Phi) is 7.20. The van der Waals surface area contributed by atoms with Crippen molar-refractivity contribution in [2.75, 3.05) is 13.1 Å². The van der Waals surface area contributed by atoms with Crippen LogP contribution < -0.4 is 0 Å². The third kappa shape index (κ3) is 4.90. The molecular weight excluding hydrogens is 389 g/mol. The fourth-order valence-electron chi connectivity index (χ4n) is 2.96. The second-order valence-electron chi connectivity index (χ2n) is 6.60. The second-order valence-corrected chi connectivity index (χ2v) is 7.67. The number of nitrogens with zero attached hydrogens (tertiary/aromatic N) is 2. The molecule has 0 aromatic heterocycles. The van der Waals surface area contributed by atoms with Gasteiger partial charge in [0, 0.05) is 13.1 Å². The summed E-state index contributed by atoms with van der Waals surface area (Å²) in [6.45, 7) is 10.3. The van der Waals surface area contributed by atoms with Crippen LogP contribution in [0.5, 0.6) is 0 Å². The molecule has 1 aliphatic rings. The molecule has 1 aromatic carbocycles. The summed E-state index contributed by atoms with van der Waals surface area (Å²) in [5.41, 5.74) is -0.176. The first-order valence-electron chi connectivity index (χ1n) is 9.18. The number of ether oxygens (including phenoxy) is 1. The third-order valence-electron chi connectivity index (χ3n) is 4.28. The molecule has 1 aromatic rings. The number of halogens is 3. The summed E-state index contributed by atoms with van der Waals surface area (Å²) < 4.78 is 46.2. The van der Waals surface area contributed by atoms with E-state index < -0.39 is 23.0 Å². The number of carbonyl (C=O) groups is 1. The lowest BCUT2D eigenvalue weighted by Crippen LogP contribution is -2.32. The van der Waals surface area contributed by atoms with Crippen molar-refractivity contribution in [3.8, 4) is 0 Å². The zero-order chi connectivity index (χ0) is 21.1. The van der Waals surface area contributed by atoms with Gasteiger partial charge in [0.1, 0.15) is 0 Å². The highest BCUT2D eigenvalue weighted by Gasteiger charge is 2.40. The van der Waals surface area contributed by atoms with E-state index in [1.165, 1.54) is 12.1 Å². The van der Waals surface area contributed by atoms with E-state index in [0.717, 1.165) is 17.8 Å². The van der Waals surface area contributed by atoms with Crippen molar-refractivity contribution in [3.05, 3.63) is 46.7 Å². The largest absolute Gasteiger partial charge is 0.460 e. The van der Waals surface area contributed by atoms with Crippen LogP contribution in [-0.2, 0) is 15.7 Å². The second kappa shape index (κ2) is 9.03. The Bertz CT molecular complexity index is 784.